The van der Waals surface area contributed by atoms with Gasteiger partial charge in [-0.1, -0.05) is 50.1 Å². The SMILES string of the molecule is CCCC[Si](OCC)(OCC)c1ccccc1. The van der Waals surface area contributed by atoms with Crippen LogP contribution < -0.4 is 5.19 Å². The lowest BCUT2D eigenvalue weighted by atomic mass is 10.4. The molecule has 1 aromatic carbocycles. The third-order valence-electron chi connectivity index (χ3n) is 2.83. The van der Waals surface area contributed by atoms with Crippen LogP contribution in [0.2, 0.25) is 6.04 Å². The maximum atomic E-state index is 6.07. The summed E-state index contributed by atoms with van der Waals surface area (Å²) in [5.74, 6) is 0. The predicted octanol–water partition coefficient (Wildman–Crippen LogP) is 3.21. The van der Waals surface area contributed by atoms with E-state index < -0.39 is 8.56 Å². The Hall–Kier alpha value is -0.643. The first-order chi connectivity index (χ1) is 8.29. The third kappa shape index (κ3) is 3.94. The molecule has 0 unspecified atom stereocenters. The topological polar surface area (TPSA) is 18.5 Å². The Balaban J connectivity index is 2.95. The summed E-state index contributed by atoms with van der Waals surface area (Å²) in [4.78, 5) is 0. The fourth-order valence-electron chi connectivity index (χ4n) is 2.06. The molecule has 2 nitrogen and oxygen atoms in total. The average Bonchev–Trinajstić information content (AvgIpc) is 2.37. The van der Waals surface area contributed by atoms with Crippen molar-refractivity contribution in [3.05, 3.63) is 30.3 Å². The van der Waals surface area contributed by atoms with Crippen LogP contribution in [0.1, 0.15) is 33.6 Å². The summed E-state index contributed by atoms with van der Waals surface area (Å²) in [5.41, 5.74) is 0. The predicted molar refractivity (Wildman–Crippen MR) is 74.8 cm³/mol. The molecule has 0 radical (unpaired) electrons. The van der Waals surface area contributed by atoms with Gasteiger partial charge in [-0.2, -0.15) is 0 Å². The minimum atomic E-state index is -2.19. The van der Waals surface area contributed by atoms with Crippen molar-refractivity contribution in [1.82, 2.24) is 0 Å². The first kappa shape index (κ1) is 14.4. The monoisotopic (exact) mass is 252 g/mol. The highest BCUT2D eigenvalue weighted by molar-refractivity contribution is 6.81. The van der Waals surface area contributed by atoms with Crippen molar-refractivity contribution in [2.45, 2.75) is 39.7 Å². The highest BCUT2D eigenvalue weighted by Crippen LogP contribution is 2.17. The van der Waals surface area contributed by atoms with Crippen molar-refractivity contribution < 1.29 is 8.85 Å². The van der Waals surface area contributed by atoms with E-state index in [1.54, 1.807) is 0 Å². The molecule has 0 aliphatic rings. The molecule has 0 bridgehead atoms. The van der Waals surface area contributed by atoms with Crippen LogP contribution in [-0.2, 0) is 8.85 Å². The van der Waals surface area contributed by atoms with Crippen LogP contribution in [0.25, 0.3) is 0 Å². The molecule has 0 heterocycles. The zero-order valence-corrected chi connectivity index (χ0v) is 12.2. The minimum Gasteiger partial charge on any atom is -0.391 e. The number of benzene rings is 1. The van der Waals surface area contributed by atoms with E-state index >= 15 is 0 Å². The van der Waals surface area contributed by atoms with Crippen LogP contribution >= 0.6 is 0 Å². The summed E-state index contributed by atoms with van der Waals surface area (Å²) in [5, 5.41) is 1.26. The maximum Gasteiger partial charge on any atom is 0.372 e. The standard InChI is InChI=1S/C14H24O2Si/c1-4-7-13-17(15-5-2,16-6-3)14-11-9-8-10-12-14/h8-12H,4-7,13H2,1-3H3. The third-order valence-corrected chi connectivity index (χ3v) is 6.56. The Morgan fingerprint density at radius 1 is 0.941 bits per heavy atom. The molecule has 1 aromatic rings. The molecule has 0 aromatic heterocycles. The quantitative estimate of drug-likeness (QED) is 0.661. The Morgan fingerprint density at radius 2 is 1.53 bits per heavy atom. The first-order valence-electron chi connectivity index (χ1n) is 6.62. The van der Waals surface area contributed by atoms with Gasteiger partial charge in [0, 0.05) is 13.2 Å². The van der Waals surface area contributed by atoms with Gasteiger partial charge in [0.25, 0.3) is 0 Å². The molecule has 0 atom stereocenters. The molecule has 0 fully saturated rings. The second-order valence-corrected chi connectivity index (χ2v) is 7.25. The van der Waals surface area contributed by atoms with Gasteiger partial charge < -0.3 is 8.85 Å². The fraction of sp³-hybridized carbons (Fsp3) is 0.571. The molecule has 3 heteroatoms. The molecule has 0 aliphatic heterocycles. The summed E-state index contributed by atoms with van der Waals surface area (Å²) in [7, 11) is -2.19. The van der Waals surface area contributed by atoms with E-state index in [2.05, 4.69) is 45.0 Å². The Morgan fingerprint density at radius 3 is 2.00 bits per heavy atom. The van der Waals surface area contributed by atoms with E-state index in [4.69, 9.17) is 8.85 Å². The molecule has 1 rings (SSSR count). The highest BCUT2D eigenvalue weighted by Gasteiger charge is 2.38. The van der Waals surface area contributed by atoms with Crippen molar-refractivity contribution in [1.29, 1.82) is 0 Å². The number of unbranched alkanes of at least 4 members (excludes halogenated alkanes) is 1. The van der Waals surface area contributed by atoms with Gasteiger partial charge in [-0.25, -0.2) is 0 Å². The van der Waals surface area contributed by atoms with Crippen LogP contribution in [0, 0.1) is 0 Å². The van der Waals surface area contributed by atoms with E-state index in [9.17, 15) is 0 Å². The zero-order valence-electron chi connectivity index (χ0n) is 11.2. The van der Waals surface area contributed by atoms with E-state index in [1.165, 1.54) is 18.0 Å². The van der Waals surface area contributed by atoms with Crippen LogP contribution in [0.15, 0.2) is 30.3 Å². The highest BCUT2D eigenvalue weighted by atomic mass is 28.4. The van der Waals surface area contributed by atoms with Crippen molar-refractivity contribution in [2.24, 2.45) is 0 Å². The lowest BCUT2D eigenvalue weighted by molar-refractivity contribution is 0.195. The number of rotatable bonds is 8. The van der Waals surface area contributed by atoms with Gasteiger partial charge in [-0.3, -0.25) is 0 Å². The Kier molecular flexibility index (Phi) is 6.48. The van der Waals surface area contributed by atoms with E-state index in [1.807, 2.05) is 6.07 Å². The zero-order chi connectivity index (χ0) is 12.6. The summed E-state index contributed by atoms with van der Waals surface area (Å²) >= 11 is 0. The van der Waals surface area contributed by atoms with E-state index in [-0.39, 0.29) is 0 Å². The van der Waals surface area contributed by atoms with Crippen LogP contribution in [0.5, 0.6) is 0 Å². The summed E-state index contributed by atoms with van der Waals surface area (Å²) < 4.78 is 12.1. The molecule has 96 valence electrons. The van der Waals surface area contributed by atoms with Gasteiger partial charge in [0.15, 0.2) is 0 Å². The number of hydrogen-bond donors (Lipinski definition) is 0. The normalized spacial score (nSPS) is 11.7. The average molecular weight is 252 g/mol. The number of hydrogen-bond acceptors (Lipinski definition) is 2. The lowest BCUT2D eigenvalue weighted by Crippen LogP contribution is -2.53. The van der Waals surface area contributed by atoms with Crippen LogP contribution in [0.4, 0.5) is 0 Å². The van der Waals surface area contributed by atoms with Gasteiger partial charge >= 0.3 is 8.56 Å². The second-order valence-electron chi connectivity index (χ2n) is 4.09. The summed E-state index contributed by atoms with van der Waals surface area (Å²) in [6.45, 7) is 7.77. The molecule has 0 N–H and O–H groups in total. The van der Waals surface area contributed by atoms with E-state index in [0.717, 1.165) is 19.3 Å². The van der Waals surface area contributed by atoms with Gasteiger partial charge in [-0.15, -0.1) is 0 Å². The van der Waals surface area contributed by atoms with Gasteiger partial charge in [0.2, 0.25) is 0 Å². The lowest BCUT2D eigenvalue weighted by Gasteiger charge is -2.30. The van der Waals surface area contributed by atoms with Crippen molar-refractivity contribution in [3.63, 3.8) is 0 Å². The second kappa shape index (κ2) is 7.64. The summed E-state index contributed by atoms with van der Waals surface area (Å²) in [6.07, 6.45) is 2.35. The molecule has 0 saturated heterocycles. The van der Waals surface area contributed by atoms with Crippen molar-refractivity contribution >= 4 is 13.7 Å². The molecular weight excluding hydrogens is 228 g/mol. The molecule has 0 aliphatic carbocycles. The molecule has 17 heavy (non-hydrogen) atoms. The molecule has 0 amide bonds. The summed E-state index contributed by atoms with van der Waals surface area (Å²) in [6, 6.07) is 11.5. The van der Waals surface area contributed by atoms with Crippen LogP contribution in [0.3, 0.4) is 0 Å². The van der Waals surface area contributed by atoms with E-state index in [0.29, 0.717) is 0 Å². The van der Waals surface area contributed by atoms with Gasteiger partial charge in [0.1, 0.15) is 0 Å². The Labute approximate surface area is 106 Å². The van der Waals surface area contributed by atoms with Crippen LogP contribution in [-0.4, -0.2) is 21.8 Å². The van der Waals surface area contributed by atoms with Crippen molar-refractivity contribution in [2.75, 3.05) is 13.2 Å². The first-order valence-corrected chi connectivity index (χ1v) is 8.64. The molecular formula is C14H24O2Si. The Bertz CT molecular complexity index is 294. The van der Waals surface area contributed by atoms with Crippen molar-refractivity contribution in [3.8, 4) is 0 Å². The van der Waals surface area contributed by atoms with Gasteiger partial charge in [-0.05, 0) is 25.1 Å². The molecule has 0 saturated carbocycles. The fourth-order valence-corrected chi connectivity index (χ4v) is 5.51. The minimum absolute atomic E-state index is 0.727. The largest absolute Gasteiger partial charge is 0.391 e. The maximum absolute atomic E-state index is 6.07. The molecule has 0 spiro atoms. The van der Waals surface area contributed by atoms with Gasteiger partial charge in [0.05, 0.1) is 0 Å². The smallest absolute Gasteiger partial charge is 0.372 e.